The van der Waals surface area contributed by atoms with Gasteiger partial charge in [-0.3, -0.25) is 14.5 Å². The second-order valence-electron chi connectivity index (χ2n) is 6.15. The van der Waals surface area contributed by atoms with Crippen molar-refractivity contribution in [2.75, 3.05) is 38.1 Å². The number of nitrogens with one attached hydrogen (secondary N) is 2. The number of amides is 2. The smallest absolute Gasteiger partial charge is 0.313 e. The standard InChI is InChI=1S/C20H23N3O3/c24-19(20(25)22-17-9-5-2-6-10-17)21-11-12-23-13-14-26-18(15-23)16-7-3-1-4-8-16/h1-10,18H,11-15H2,(H,21,24)(H,22,25)/t18-/m1/s1. The van der Waals surface area contributed by atoms with Crippen LogP contribution in [-0.4, -0.2) is 49.5 Å². The molecule has 2 aromatic rings. The predicted molar refractivity (Wildman–Crippen MR) is 99.7 cm³/mol. The van der Waals surface area contributed by atoms with Crippen molar-refractivity contribution < 1.29 is 14.3 Å². The van der Waals surface area contributed by atoms with Crippen LogP contribution in [0, 0.1) is 0 Å². The fourth-order valence-corrected chi connectivity index (χ4v) is 2.89. The Bertz CT molecular complexity index is 722. The van der Waals surface area contributed by atoms with E-state index in [0.29, 0.717) is 25.4 Å². The maximum Gasteiger partial charge on any atom is 0.313 e. The van der Waals surface area contributed by atoms with E-state index < -0.39 is 11.8 Å². The van der Waals surface area contributed by atoms with E-state index in [9.17, 15) is 9.59 Å². The highest BCUT2D eigenvalue weighted by Gasteiger charge is 2.22. The number of benzene rings is 2. The van der Waals surface area contributed by atoms with Gasteiger partial charge >= 0.3 is 11.8 Å². The molecule has 2 N–H and O–H groups in total. The molecule has 0 bridgehead atoms. The number of hydrogen-bond donors (Lipinski definition) is 2. The molecular weight excluding hydrogens is 330 g/mol. The number of carbonyl (C=O) groups is 2. The summed E-state index contributed by atoms with van der Waals surface area (Å²) in [6.45, 7) is 3.34. The quantitative estimate of drug-likeness (QED) is 0.805. The monoisotopic (exact) mass is 353 g/mol. The Morgan fingerprint density at radius 2 is 1.69 bits per heavy atom. The zero-order valence-electron chi connectivity index (χ0n) is 14.6. The molecule has 0 aliphatic carbocycles. The van der Waals surface area contributed by atoms with Crippen molar-refractivity contribution >= 4 is 17.5 Å². The second kappa shape index (κ2) is 9.12. The van der Waals surface area contributed by atoms with Crippen LogP contribution in [0.25, 0.3) is 0 Å². The van der Waals surface area contributed by atoms with Crippen LogP contribution >= 0.6 is 0 Å². The Hall–Kier alpha value is -2.70. The van der Waals surface area contributed by atoms with Gasteiger partial charge in [0.25, 0.3) is 0 Å². The van der Waals surface area contributed by atoms with Crippen LogP contribution < -0.4 is 10.6 Å². The minimum Gasteiger partial charge on any atom is -0.371 e. The van der Waals surface area contributed by atoms with Crippen LogP contribution in [0.2, 0.25) is 0 Å². The number of morpholine rings is 1. The maximum atomic E-state index is 11.9. The normalized spacial score (nSPS) is 17.5. The molecule has 1 heterocycles. The zero-order valence-corrected chi connectivity index (χ0v) is 14.6. The summed E-state index contributed by atoms with van der Waals surface area (Å²) in [5.74, 6) is -1.28. The van der Waals surface area contributed by atoms with E-state index in [-0.39, 0.29) is 6.10 Å². The maximum absolute atomic E-state index is 11.9. The zero-order chi connectivity index (χ0) is 18.2. The Balaban J connectivity index is 1.41. The third-order valence-corrected chi connectivity index (χ3v) is 4.27. The minimum atomic E-state index is -0.652. The summed E-state index contributed by atoms with van der Waals surface area (Å²) in [6, 6.07) is 19.0. The fraction of sp³-hybridized carbons (Fsp3) is 0.300. The first kappa shape index (κ1) is 18.1. The van der Waals surface area contributed by atoms with Crippen LogP contribution in [-0.2, 0) is 14.3 Å². The van der Waals surface area contributed by atoms with Crippen LogP contribution in [0.4, 0.5) is 5.69 Å². The molecule has 2 aromatic carbocycles. The van der Waals surface area contributed by atoms with Crippen LogP contribution in [0.3, 0.4) is 0 Å². The number of nitrogens with zero attached hydrogens (tertiary/aromatic N) is 1. The van der Waals surface area contributed by atoms with Gasteiger partial charge in [0.2, 0.25) is 0 Å². The molecule has 136 valence electrons. The fourth-order valence-electron chi connectivity index (χ4n) is 2.89. The summed E-state index contributed by atoms with van der Waals surface area (Å²) >= 11 is 0. The lowest BCUT2D eigenvalue weighted by atomic mass is 10.1. The summed E-state index contributed by atoms with van der Waals surface area (Å²) in [7, 11) is 0. The highest BCUT2D eigenvalue weighted by Crippen LogP contribution is 2.21. The lowest BCUT2D eigenvalue weighted by Gasteiger charge is -2.33. The molecule has 26 heavy (non-hydrogen) atoms. The van der Waals surface area contributed by atoms with Crippen molar-refractivity contribution in [1.29, 1.82) is 0 Å². The van der Waals surface area contributed by atoms with Crippen molar-refractivity contribution in [2.45, 2.75) is 6.10 Å². The molecular formula is C20H23N3O3. The molecule has 1 aliphatic rings. The Morgan fingerprint density at radius 3 is 2.42 bits per heavy atom. The largest absolute Gasteiger partial charge is 0.371 e. The van der Waals surface area contributed by atoms with Crippen LogP contribution in [0.1, 0.15) is 11.7 Å². The van der Waals surface area contributed by atoms with Gasteiger partial charge in [0, 0.05) is 31.9 Å². The first-order valence-electron chi connectivity index (χ1n) is 8.75. The summed E-state index contributed by atoms with van der Waals surface area (Å²) in [5.41, 5.74) is 1.76. The van der Waals surface area contributed by atoms with Gasteiger partial charge in [-0.05, 0) is 17.7 Å². The topological polar surface area (TPSA) is 70.7 Å². The van der Waals surface area contributed by atoms with Crippen molar-refractivity contribution in [2.24, 2.45) is 0 Å². The number of carbonyl (C=O) groups excluding carboxylic acids is 2. The third-order valence-electron chi connectivity index (χ3n) is 4.27. The van der Waals surface area contributed by atoms with Gasteiger partial charge in [-0.2, -0.15) is 0 Å². The number of anilines is 1. The van der Waals surface area contributed by atoms with Crippen LogP contribution in [0.15, 0.2) is 60.7 Å². The average molecular weight is 353 g/mol. The van der Waals surface area contributed by atoms with Gasteiger partial charge < -0.3 is 15.4 Å². The minimum absolute atomic E-state index is 0.0435. The number of para-hydroxylation sites is 1. The molecule has 1 fully saturated rings. The lowest BCUT2D eigenvalue weighted by molar-refractivity contribution is -0.136. The summed E-state index contributed by atoms with van der Waals surface area (Å²) in [6.07, 6.45) is 0.0435. The molecule has 1 saturated heterocycles. The van der Waals surface area contributed by atoms with E-state index in [2.05, 4.69) is 27.7 Å². The highest BCUT2D eigenvalue weighted by atomic mass is 16.5. The van der Waals surface area contributed by atoms with Gasteiger partial charge in [0.1, 0.15) is 0 Å². The molecule has 6 heteroatoms. The molecule has 0 saturated carbocycles. The van der Waals surface area contributed by atoms with E-state index in [1.165, 1.54) is 0 Å². The van der Waals surface area contributed by atoms with Crippen molar-refractivity contribution in [3.8, 4) is 0 Å². The molecule has 1 aliphatic heterocycles. The number of ether oxygens (including phenoxy) is 1. The van der Waals surface area contributed by atoms with Gasteiger partial charge in [0.15, 0.2) is 0 Å². The second-order valence-corrected chi connectivity index (χ2v) is 6.15. The van der Waals surface area contributed by atoms with E-state index in [0.717, 1.165) is 18.7 Å². The van der Waals surface area contributed by atoms with E-state index in [4.69, 9.17) is 4.74 Å². The number of hydrogen-bond acceptors (Lipinski definition) is 4. The van der Waals surface area contributed by atoms with Crippen molar-refractivity contribution in [3.05, 3.63) is 66.2 Å². The molecule has 0 spiro atoms. The Morgan fingerprint density at radius 1 is 1.00 bits per heavy atom. The molecule has 1 atom stereocenters. The average Bonchev–Trinajstić information content (AvgIpc) is 2.69. The van der Waals surface area contributed by atoms with Gasteiger partial charge in [-0.25, -0.2) is 0 Å². The predicted octanol–water partition coefficient (Wildman–Crippen LogP) is 1.81. The molecule has 0 radical (unpaired) electrons. The van der Waals surface area contributed by atoms with E-state index in [1.807, 2.05) is 24.3 Å². The van der Waals surface area contributed by atoms with Gasteiger partial charge in [-0.15, -0.1) is 0 Å². The third kappa shape index (κ3) is 5.15. The molecule has 6 nitrogen and oxygen atoms in total. The summed E-state index contributed by atoms with van der Waals surface area (Å²) < 4.78 is 5.83. The van der Waals surface area contributed by atoms with Gasteiger partial charge in [0.05, 0.1) is 12.7 Å². The van der Waals surface area contributed by atoms with Crippen molar-refractivity contribution in [1.82, 2.24) is 10.2 Å². The molecule has 0 unspecified atom stereocenters. The van der Waals surface area contributed by atoms with Gasteiger partial charge in [-0.1, -0.05) is 48.5 Å². The Labute approximate surface area is 153 Å². The Kier molecular flexibility index (Phi) is 6.35. The highest BCUT2D eigenvalue weighted by molar-refractivity contribution is 6.39. The van der Waals surface area contributed by atoms with E-state index in [1.54, 1.807) is 24.3 Å². The molecule has 3 rings (SSSR count). The van der Waals surface area contributed by atoms with E-state index >= 15 is 0 Å². The molecule has 0 aromatic heterocycles. The number of rotatable bonds is 5. The lowest BCUT2D eigenvalue weighted by Crippen LogP contribution is -2.44. The summed E-state index contributed by atoms with van der Waals surface area (Å²) in [4.78, 5) is 26.0. The first-order chi connectivity index (χ1) is 12.7. The first-order valence-corrected chi connectivity index (χ1v) is 8.75. The van der Waals surface area contributed by atoms with Crippen molar-refractivity contribution in [3.63, 3.8) is 0 Å². The summed E-state index contributed by atoms with van der Waals surface area (Å²) in [5, 5.41) is 5.25. The SMILES string of the molecule is O=C(NCCN1CCO[C@@H](c2ccccc2)C1)C(=O)Nc1ccccc1. The molecule has 2 amide bonds. The van der Waals surface area contributed by atoms with Crippen LogP contribution in [0.5, 0.6) is 0 Å².